The number of hydrogen-bond acceptors (Lipinski definition) is 5. The van der Waals surface area contributed by atoms with E-state index in [0.717, 1.165) is 11.3 Å². The van der Waals surface area contributed by atoms with Crippen molar-refractivity contribution in [3.63, 3.8) is 0 Å². The number of carbonyl (C=O) groups is 2. The minimum Gasteiger partial charge on any atom is -0.487 e. The number of para-hydroxylation sites is 1. The average molecular weight is 485 g/mol. The third kappa shape index (κ3) is 5.17. The van der Waals surface area contributed by atoms with Crippen LogP contribution in [0.4, 0.5) is 0 Å². The van der Waals surface area contributed by atoms with Gasteiger partial charge < -0.3 is 20.1 Å². The van der Waals surface area contributed by atoms with E-state index < -0.39 is 5.54 Å². The first-order valence-corrected chi connectivity index (χ1v) is 12.7. The van der Waals surface area contributed by atoms with Gasteiger partial charge in [0.05, 0.1) is 6.04 Å². The van der Waals surface area contributed by atoms with Gasteiger partial charge in [-0.05, 0) is 51.5 Å². The summed E-state index contributed by atoms with van der Waals surface area (Å²) >= 11 is 0. The fraction of sp³-hybridized carbons (Fsp3) is 0.667. The van der Waals surface area contributed by atoms with E-state index >= 15 is 0 Å². The average Bonchev–Trinajstić information content (AvgIpc) is 3.55. The van der Waals surface area contributed by atoms with Crippen molar-refractivity contribution in [2.75, 3.05) is 13.7 Å². The van der Waals surface area contributed by atoms with Crippen LogP contribution in [0.2, 0.25) is 0 Å². The molecule has 1 aliphatic carbocycles. The number of ether oxygens (including phenoxy) is 2. The summed E-state index contributed by atoms with van der Waals surface area (Å²) in [4.78, 5) is 28.0. The van der Waals surface area contributed by atoms with Crippen LogP contribution in [0.5, 0.6) is 5.75 Å². The van der Waals surface area contributed by atoms with Crippen LogP contribution < -0.4 is 15.4 Å². The van der Waals surface area contributed by atoms with E-state index in [1.165, 1.54) is 0 Å². The molecule has 3 aliphatic rings. The molecule has 0 spiro atoms. The zero-order chi connectivity index (χ0) is 25.5. The highest BCUT2D eigenvalue weighted by Crippen LogP contribution is 2.47. The van der Waals surface area contributed by atoms with E-state index in [4.69, 9.17) is 14.9 Å². The molecule has 0 bridgehead atoms. The van der Waals surface area contributed by atoms with Crippen LogP contribution in [0.1, 0.15) is 71.9 Å². The van der Waals surface area contributed by atoms with Gasteiger partial charge in [0.2, 0.25) is 11.8 Å². The highest BCUT2D eigenvalue weighted by atomic mass is 16.5. The lowest BCUT2D eigenvalue weighted by Gasteiger charge is -2.43. The number of carbonyl (C=O) groups excluding carboxylic acids is 2. The fourth-order valence-electron chi connectivity index (χ4n) is 5.51. The van der Waals surface area contributed by atoms with Gasteiger partial charge >= 0.3 is 0 Å². The lowest BCUT2D eigenvalue weighted by Crippen LogP contribution is -2.63. The lowest BCUT2D eigenvalue weighted by atomic mass is 9.81. The van der Waals surface area contributed by atoms with Crippen molar-refractivity contribution in [3.8, 4) is 5.75 Å². The first kappa shape index (κ1) is 25.5. The maximum atomic E-state index is 13.4. The molecule has 2 heterocycles. The number of nitrogens with zero attached hydrogens (tertiary/aromatic N) is 1. The largest absolute Gasteiger partial charge is 0.487 e. The van der Waals surface area contributed by atoms with Crippen LogP contribution in [-0.4, -0.2) is 53.6 Å². The molecule has 2 amide bonds. The molecule has 1 aromatic rings. The molecule has 1 aromatic carbocycles. The number of nitrogens with one attached hydrogen (secondary N) is 3. The van der Waals surface area contributed by atoms with Gasteiger partial charge in [0.1, 0.15) is 11.4 Å². The van der Waals surface area contributed by atoms with E-state index in [1.54, 1.807) is 12.0 Å². The molecular formula is C27H40N4O4. The van der Waals surface area contributed by atoms with Gasteiger partial charge in [0, 0.05) is 49.6 Å². The summed E-state index contributed by atoms with van der Waals surface area (Å²) in [5.74, 6) is 0.981. The second-order valence-electron chi connectivity index (χ2n) is 11.5. The van der Waals surface area contributed by atoms with Crippen molar-refractivity contribution in [2.45, 2.75) is 83.5 Å². The molecule has 1 saturated heterocycles. The fourth-order valence-corrected chi connectivity index (χ4v) is 5.51. The van der Waals surface area contributed by atoms with Gasteiger partial charge in [0.15, 0.2) is 5.96 Å². The van der Waals surface area contributed by atoms with Crippen LogP contribution in [0.15, 0.2) is 24.3 Å². The number of guanidine groups is 1. The molecule has 2 fully saturated rings. The van der Waals surface area contributed by atoms with Crippen LogP contribution in [0.25, 0.3) is 0 Å². The van der Waals surface area contributed by atoms with E-state index in [-0.39, 0.29) is 53.2 Å². The standard InChI is InChI=1S/C27H40N4O4/c1-16(2)27(5)14-20(17-9-7-8-10-22(17)35-27)29-24(33)19-13-18(19)21(11-12-34-6)31-23(32)15-26(3,4)30-25(31)28/h7-10,16,18-21H,11-15H2,1-6H3,(H2,28,30)(H,29,33)/t18-,19-,20?,21-,27?/m1/s1. The number of methoxy groups -OCH3 is 1. The molecule has 3 N–H and O–H groups in total. The van der Waals surface area contributed by atoms with E-state index in [1.807, 2.05) is 38.1 Å². The topological polar surface area (TPSA) is 104 Å². The normalized spacial score (nSPS) is 30.3. The van der Waals surface area contributed by atoms with Crippen molar-refractivity contribution < 1.29 is 19.1 Å². The first-order chi connectivity index (χ1) is 16.5. The van der Waals surface area contributed by atoms with Gasteiger partial charge in [-0.1, -0.05) is 32.0 Å². The molecule has 5 atom stereocenters. The molecule has 35 heavy (non-hydrogen) atoms. The third-order valence-electron chi connectivity index (χ3n) is 7.96. The molecular weight excluding hydrogens is 444 g/mol. The molecule has 2 unspecified atom stereocenters. The maximum Gasteiger partial charge on any atom is 0.231 e. The molecule has 8 heteroatoms. The quantitative estimate of drug-likeness (QED) is 0.523. The number of amides is 2. The Bertz CT molecular complexity index is 973. The molecule has 0 radical (unpaired) electrons. The van der Waals surface area contributed by atoms with E-state index in [2.05, 4.69) is 31.4 Å². The molecule has 1 saturated carbocycles. The molecule has 8 nitrogen and oxygen atoms in total. The molecule has 2 aliphatic heterocycles. The Hall–Kier alpha value is -2.61. The number of hydrogen-bond donors (Lipinski definition) is 3. The molecule has 192 valence electrons. The summed E-state index contributed by atoms with van der Waals surface area (Å²) in [5.41, 5.74) is 0.187. The van der Waals surface area contributed by atoms with Gasteiger partial charge in [-0.2, -0.15) is 0 Å². The lowest BCUT2D eigenvalue weighted by molar-refractivity contribution is -0.133. The summed E-state index contributed by atoms with van der Waals surface area (Å²) in [5, 5.41) is 15.0. The zero-order valence-electron chi connectivity index (χ0n) is 21.8. The second-order valence-corrected chi connectivity index (χ2v) is 11.5. The highest BCUT2D eigenvalue weighted by Gasteiger charge is 2.53. The van der Waals surface area contributed by atoms with Crippen LogP contribution in [0, 0.1) is 23.2 Å². The molecule has 4 rings (SSSR count). The van der Waals surface area contributed by atoms with Crippen molar-refractivity contribution in [1.82, 2.24) is 15.5 Å². The van der Waals surface area contributed by atoms with Crippen molar-refractivity contribution >= 4 is 17.8 Å². The zero-order valence-corrected chi connectivity index (χ0v) is 21.8. The molecule has 0 aromatic heterocycles. The van der Waals surface area contributed by atoms with Crippen LogP contribution >= 0.6 is 0 Å². The van der Waals surface area contributed by atoms with Gasteiger partial charge in [0.25, 0.3) is 0 Å². The SMILES string of the molecule is COCC[C@H]([C@@H]1C[C@H]1C(=O)NC1CC(C)(C(C)C)Oc2ccccc21)N1C(=N)NC(C)(C)CC1=O. The Morgan fingerprint density at radius 1 is 1.31 bits per heavy atom. The number of rotatable bonds is 8. The summed E-state index contributed by atoms with van der Waals surface area (Å²) in [6, 6.07) is 7.56. The Labute approximate surface area is 208 Å². The highest BCUT2D eigenvalue weighted by molar-refractivity contribution is 5.99. The minimum absolute atomic E-state index is 0.00373. The predicted octanol–water partition coefficient (Wildman–Crippen LogP) is 3.62. The maximum absolute atomic E-state index is 13.4. The van der Waals surface area contributed by atoms with Gasteiger partial charge in [-0.3, -0.25) is 19.9 Å². The number of fused-ring (bicyclic) bond motifs is 1. The van der Waals surface area contributed by atoms with Gasteiger partial charge in [-0.25, -0.2) is 0 Å². The van der Waals surface area contributed by atoms with Crippen molar-refractivity contribution in [1.29, 1.82) is 5.41 Å². The van der Waals surface area contributed by atoms with Crippen molar-refractivity contribution in [2.24, 2.45) is 17.8 Å². The summed E-state index contributed by atoms with van der Waals surface area (Å²) in [6.45, 7) is 10.7. The van der Waals surface area contributed by atoms with Crippen LogP contribution in [0.3, 0.4) is 0 Å². The van der Waals surface area contributed by atoms with Crippen molar-refractivity contribution in [3.05, 3.63) is 29.8 Å². The third-order valence-corrected chi connectivity index (χ3v) is 7.96. The monoisotopic (exact) mass is 484 g/mol. The second kappa shape index (κ2) is 9.45. The Morgan fingerprint density at radius 3 is 2.69 bits per heavy atom. The van der Waals surface area contributed by atoms with Crippen LogP contribution in [-0.2, 0) is 14.3 Å². The summed E-state index contributed by atoms with van der Waals surface area (Å²) < 4.78 is 11.7. The smallest absolute Gasteiger partial charge is 0.231 e. The van der Waals surface area contributed by atoms with Gasteiger partial charge in [-0.15, -0.1) is 0 Å². The Kier molecular flexibility index (Phi) is 6.88. The van der Waals surface area contributed by atoms with E-state index in [0.29, 0.717) is 32.3 Å². The number of benzene rings is 1. The Morgan fingerprint density at radius 2 is 2.03 bits per heavy atom. The minimum atomic E-state index is -0.448. The summed E-state index contributed by atoms with van der Waals surface area (Å²) in [7, 11) is 1.63. The summed E-state index contributed by atoms with van der Waals surface area (Å²) in [6.07, 6.45) is 2.31. The Balaban J connectivity index is 1.49. The predicted molar refractivity (Wildman–Crippen MR) is 134 cm³/mol. The van der Waals surface area contributed by atoms with E-state index in [9.17, 15) is 9.59 Å². The first-order valence-electron chi connectivity index (χ1n) is 12.7.